The van der Waals surface area contributed by atoms with E-state index in [1.807, 2.05) is 48.5 Å². The smallest absolute Gasteiger partial charge is 0.261 e. The Bertz CT molecular complexity index is 1170. The van der Waals surface area contributed by atoms with Crippen molar-refractivity contribution in [2.75, 3.05) is 13.7 Å². The normalized spacial score (nSPS) is 11.6. The van der Waals surface area contributed by atoms with Crippen LogP contribution in [0.25, 0.3) is 0 Å². The van der Waals surface area contributed by atoms with Crippen LogP contribution >= 0.6 is 39.1 Å². The highest BCUT2D eigenvalue weighted by Gasteiger charge is 2.30. The molecule has 0 aliphatic rings. The maximum absolute atomic E-state index is 13.5. The van der Waals surface area contributed by atoms with Gasteiger partial charge in [0.15, 0.2) is 6.61 Å². The zero-order chi connectivity index (χ0) is 25.4. The summed E-state index contributed by atoms with van der Waals surface area (Å²) in [6.07, 6.45) is 1.23. The van der Waals surface area contributed by atoms with Gasteiger partial charge in [0.25, 0.3) is 5.91 Å². The van der Waals surface area contributed by atoms with E-state index in [9.17, 15) is 9.59 Å². The average Bonchev–Trinajstić information content (AvgIpc) is 2.86. The highest BCUT2D eigenvalue weighted by atomic mass is 79.9. The summed E-state index contributed by atoms with van der Waals surface area (Å²) in [7, 11) is 1.56. The number of rotatable bonds is 10. The summed E-state index contributed by atoms with van der Waals surface area (Å²) in [4.78, 5) is 28.0. The third-order valence-corrected chi connectivity index (χ3v) is 6.84. The minimum atomic E-state index is -0.767. The molecule has 0 aliphatic carbocycles. The fourth-order valence-corrected chi connectivity index (χ4v) is 4.67. The number of hydrogen-bond acceptors (Lipinski definition) is 3. The average molecular weight is 578 g/mol. The summed E-state index contributed by atoms with van der Waals surface area (Å²) < 4.78 is 6.62. The lowest BCUT2D eigenvalue weighted by Crippen LogP contribution is -2.51. The van der Waals surface area contributed by atoms with Crippen LogP contribution in [0.15, 0.2) is 71.2 Å². The minimum Gasteiger partial charge on any atom is -0.483 e. The fourth-order valence-electron chi connectivity index (χ4n) is 3.66. The van der Waals surface area contributed by atoms with Gasteiger partial charge in [-0.15, -0.1) is 0 Å². The van der Waals surface area contributed by atoms with Gasteiger partial charge in [-0.3, -0.25) is 9.59 Å². The van der Waals surface area contributed by atoms with Crippen LogP contribution in [-0.4, -0.2) is 36.4 Å². The Morgan fingerprint density at radius 3 is 2.40 bits per heavy atom. The number of aryl methyl sites for hydroxylation is 1. The lowest BCUT2D eigenvalue weighted by Gasteiger charge is -2.31. The highest BCUT2D eigenvalue weighted by Crippen LogP contribution is 2.27. The first-order valence-electron chi connectivity index (χ1n) is 11.2. The Labute approximate surface area is 224 Å². The van der Waals surface area contributed by atoms with E-state index in [0.717, 1.165) is 22.0 Å². The molecule has 1 atom stereocenters. The van der Waals surface area contributed by atoms with Gasteiger partial charge >= 0.3 is 0 Å². The van der Waals surface area contributed by atoms with Crippen molar-refractivity contribution in [1.29, 1.82) is 0 Å². The van der Waals surface area contributed by atoms with Gasteiger partial charge in [-0.25, -0.2) is 0 Å². The Balaban J connectivity index is 1.90. The van der Waals surface area contributed by atoms with E-state index in [4.69, 9.17) is 27.9 Å². The number of benzene rings is 3. The van der Waals surface area contributed by atoms with Crippen molar-refractivity contribution in [1.82, 2.24) is 10.2 Å². The predicted octanol–water partition coefficient (Wildman–Crippen LogP) is 6.08. The van der Waals surface area contributed by atoms with Crippen molar-refractivity contribution < 1.29 is 14.3 Å². The topological polar surface area (TPSA) is 58.6 Å². The number of likely N-dealkylation sites (N-methyl/N-ethyl adjacent to an activating group) is 1. The van der Waals surface area contributed by atoms with Gasteiger partial charge in [0.05, 0.1) is 4.47 Å². The summed E-state index contributed by atoms with van der Waals surface area (Å²) in [5, 5.41) is 3.60. The molecule has 0 unspecified atom stereocenters. The van der Waals surface area contributed by atoms with Gasteiger partial charge in [-0.2, -0.15) is 0 Å². The molecule has 5 nitrogen and oxygen atoms in total. The molecule has 0 aliphatic heterocycles. The molecule has 3 rings (SSSR count). The largest absolute Gasteiger partial charge is 0.483 e. The van der Waals surface area contributed by atoms with Crippen LogP contribution in [0.4, 0.5) is 0 Å². The van der Waals surface area contributed by atoms with Gasteiger partial charge in [0.2, 0.25) is 5.91 Å². The second kappa shape index (κ2) is 13.0. The second-order valence-electron chi connectivity index (χ2n) is 7.98. The number of ether oxygens (including phenoxy) is 1. The second-order valence-corrected chi connectivity index (χ2v) is 9.68. The number of hydrogen-bond donors (Lipinski definition) is 1. The maximum Gasteiger partial charge on any atom is 0.261 e. The van der Waals surface area contributed by atoms with E-state index in [-0.39, 0.29) is 25.0 Å². The third-order valence-electron chi connectivity index (χ3n) is 5.63. The molecule has 8 heteroatoms. The number of carbonyl (C=O) groups is 2. The van der Waals surface area contributed by atoms with Gasteiger partial charge in [-0.1, -0.05) is 72.6 Å². The van der Waals surface area contributed by atoms with Crippen LogP contribution in [0.2, 0.25) is 10.0 Å². The molecule has 0 heterocycles. The Morgan fingerprint density at radius 2 is 1.77 bits per heavy atom. The van der Waals surface area contributed by atoms with Crippen molar-refractivity contribution >= 4 is 50.9 Å². The molecule has 1 N–H and O–H groups in total. The molecule has 0 saturated heterocycles. The molecule has 0 saturated carbocycles. The van der Waals surface area contributed by atoms with Crippen molar-refractivity contribution in [2.24, 2.45) is 0 Å². The number of nitrogens with one attached hydrogen (secondary N) is 1. The summed E-state index contributed by atoms with van der Waals surface area (Å²) in [5.74, 6) is -0.0626. The van der Waals surface area contributed by atoms with Crippen LogP contribution in [0.5, 0.6) is 5.75 Å². The molecular weight excluding hydrogens is 551 g/mol. The molecule has 2 amide bonds. The summed E-state index contributed by atoms with van der Waals surface area (Å²) in [6.45, 7) is 1.95. The molecule has 184 valence electrons. The van der Waals surface area contributed by atoms with E-state index in [1.54, 1.807) is 25.2 Å². The molecule has 3 aromatic carbocycles. The summed E-state index contributed by atoms with van der Waals surface area (Å²) in [5.41, 5.74) is 2.76. The maximum atomic E-state index is 13.5. The molecule has 0 spiro atoms. The Morgan fingerprint density at radius 1 is 1.03 bits per heavy atom. The zero-order valence-electron chi connectivity index (χ0n) is 19.6. The Kier molecular flexibility index (Phi) is 10.0. The molecule has 3 aromatic rings. The van der Waals surface area contributed by atoms with Gasteiger partial charge in [0.1, 0.15) is 11.8 Å². The lowest BCUT2D eigenvalue weighted by atomic mass is 10.0. The quantitative estimate of drug-likeness (QED) is 0.317. The fraction of sp³-hybridized carbons (Fsp3) is 0.259. The van der Waals surface area contributed by atoms with Gasteiger partial charge < -0.3 is 15.0 Å². The molecule has 0 radical (unpaired) electrons. The van der Waals surface area contributed by atoms with Crippen LogP contribution < -0.4 is 10.1 Å². The minimum absolute atomic E-state index is 0.124. The van der Waals surface area contributed by atoms with Crippen LogP contribution in [-0.2, 0) is 29.0 Å². The summed E-state index contributed by atoms with van der Waals surface area (Å²) in [6, 6.07) is 19.6. The molecular formula is C27H27BrCl2N2O3. The first-order chi connectivity index (χ1) is 16.8. The highest BCUT2D eigenvalue weighted by molar-refractivity contribution is 9.10. The zero-order valence-corrected chi connectivity index (χ0v) is 22.7. The molecule has 0 bridgehead atoms. The van der Waals surface area contributed by atoms with Crippen LogP contribution in [0, 0.1) is 0 Å². The standard InChI is InChI=1S/C27H27BrCl2N2O3/c1-3-18-9-12-25(22(28)13-18)35-17-26(33)32(16-20-10-11-21(29)15-23(20)30)24(27(34)31-2)14-19-7-5-4-6-8-19/h4-13,15,24H,3,14,16-17H2,1-2H3,(H,31,34)/t24-/m0/s1. The van der Waals surface area contributed by atoms with Crippen molar-refractivity contribution in [3.63, 3.8) is 0 Å². The SMILES string of the molecule is CCc1ccc(OCC(=O)N(Cc2ccc(Cl)cc2Cl)[C@@H](Cc2ccccc2)C(=O)NC)c(Br)c1. The first kappa shape index (κ1) is 27.1. The Hall–Kier alpha value is -2.54. The van der Waals surface area contributed by atoms with Crippen LogP contribution in [0.1, 0.15) is 23.6 Å². The predicted molar refractivity (Wildman–Crippen MR) is 144 cm³/mol. The van der Waals surface area contributed by atoms with Gasteiger partial charge in [0, 0.05) is 30.1 Å². The molecule has 35 heavy (non-hydrogen) atoms. The van der Waals surface area contributed by atoms with E-state index in [0.29, 0.717) is 27.8 Å². The number of carbonyl (C=O) groups excluding carboxylic acids is 2. The summed E-state index contributed by atoms with van der Waals surface area (Å²) >= 11 is 16.0. The van der Waals surface area contributed by atoms with Crippen molar-refractivity contribution in [2.45, 2.75) is 32.4 Å². The van der Waals surface area contributed by atoms with E-state index >= 15 is 0 Å². The van der Waals surface area contributed by atoms with E-state index in [2.05, 4.69) is 28.2 Å². The van der Waals surface area contributed by atoms with E-state index in [1.165, 1.54) is 4.90 Å². The van der Waals surface area contributed by atoms with Crippen molar-refractivity contribution in [3.8, 4) is 5.75 Å². The number of amides is 2. The monoisotopic (exact) mass is 576 g/mol. The first-order valence-corrected chi connectivity index (χ1v) is 12.8. The third kappa shape index (κ3) is 7.47. The van der Waals surface area contributed by atoms with Crippen molar-refractivity contribution in [3.05, 3.63) is 97.9 Å². The lowest BCUT2D eigenvalue weighted by molar-refractivity contribution is -0.142. The van der Waals surface area contributed by atoms with E-state index < -0.39 is 6.04 Å². The van der Waals surface area contributed by atoms with Gasteiger partial charge in [-0.05, 0) is 63.3 Å². The number of halogens is 3. The number of nitrogens with zero attached hydrogens (tertiary/aromatic N) is 1. The van der Waals surface area contributed by atoms with Crippen LogP contribution in [0.3, 0.4) is 0 Å². The molecule has 0 aromatic heterocycles. The molecule has 0 fully saturated rings.